The van der Waals surface area contributed by atoms with Gasteiger partial charge in [0, 0.05) is 12.7 Å². The smallest absolute Gasteiger partial charge is 0.0719 e. The predicted molar refractivity (Wildman–Crippen MR) is 59.9 cm³/mol. The van der Waals surface area contributed by atoms with E-state index in [9.17, 15) is 0 Å². The van der Waals surface area contributed by atoms with Gasteiger partial charge in [0.25, 0.3) is 0 Å². The normalized spacial score (nSPS) is 11.1. The van der Waals surface area contributed by atoms with E-state index in [0.717, 1.165) is 18.2 Å². The molecule has 14 heavy (non-hydrogen) atoms. The lowest BCUT2D eigenvalue weighted by Gasteiger charge is -2.04. The number of anilines is 1. The minimum absolute atomic E-state index is 0.757. The zero-order valence-corrected chi connectivity index (χ0v) is 9.24. The highest BCUT2D eigenvalue weighted by Gasteiger charge is 1.96. The van der Waals surface area contributed by atoms with E-state index in [1.807, 2.05) is 10.9 Å². The van der Waals surface area contributed by atoms with Crippen LogP contribution in [0.25, 0.3) is 0 Å². The summed E-state index contributed by atoms with van der Waals surface area (Å²) in [4.78, 5) is 0. The van der Waals surface area contributed by atoms with E-state index in [0.29, 0.717) is 0 Å². The van der Waals surface area contributed by atoms with Crippen LogP contribution in [0, 0.1) is 5.92 Å². The predicted octanol–water partition coefficient (Wildman–Crippen LogP) is 2.68. The van der Waals surface area contributed by atoms with Gasteiger partial charge in [0.1, 0.15) is 0 Å². The fourth-order valence-electron chi connectivity index (χ4n) is 1.51. The van der Waals surface area contributed by atoms with Crippen molar-refractivity contribution < 1.29 is 0 Å². The molecule has 0 spiro atoms. The van der Waals surface area contributed by atoms with Gasteiger partial charge in [-0.2, -0.15) is 5.10 Å². The number of rotatable bonds is 6. The summed E-state index contributed by atoms with van der Waals surface area (Å²) in [5.41, 5.74) is 6.32. The third-order valence-corrected chi connectivity index (χ3v) is 2.32. The molecule has 0 amide bonds. The summed E-state index contributed by atoms with van der Waals surface area (Å²) < 4.78 is 1.92. The van der Waals surface area contributed by atoms with E-state index in [1.54, 1.807) is 6.20 Å². The second-order valence-corrected chi connectivity index (χ2v) is 4.28. The number of aryl methyl sites for hydroxylation is 1. The fourth-order valence-corrected chi connectivity index (χ4v) is 1.51. The van der Waals surface area contributed by atoms with Crippen molar-refractivity contribution in [2.24, 2.45) is 5.92 Å². The van der Waals surface area contributed by atoms with Crippen molar-refractivity contribution in [2.45, 2.75) is 46.1 Å². The van der Waals surface area contributed by atoms with Crippen LogP contribution in [0.5, 0.6) is 0 Å². The van der Waals surface area contributed by atoms with Gasteiger partial charge in [-0.25, -0.2) is 0 Å². The molecular weight excluding hydrogens is 174 g/mol. The van der Waals surface area contributed by atoms with Gasteiger partial charge in [0.05, 0.1) is 11.9 Å². The first-order valence-electron chi connectivity index (χ1n) is 5.46. The van der Waals surface area contributed by atoms with Crippen LogP contribution < -0.4 is 5.73 Å². The van der Waals surface area contributed by atoms with Crippen molar-refractivity contribution in [1.29, 1.82) is 0 Å². The van der Waals surface area contributed by atoms with Crippen LogP contribution >= 0.6 is 0 Å². The van der Waals surface area contributed by atoms with Gasteiger partial charge >= 0.3 is 0 Å². The number of aromatic nitrogens is 2. The molecule has 0 bridgehead atoms. The minimum Gasteiger partial charge on any atom is -0.396 e. The van der Waals surface area contributed by atoms with Gasteiger partial charge < -0.3 is 5.73 Å². The Kier molecular flexibility index (Phi) is 4.50. The molecule has 0 aliphatic carbocycles. The number of nitrogens with zero attached hydrogens (tertiary/aromatic N) is 2. The Morgan fingerprint density at radius 3 is 2.71 bits per heavy atom. The maximum Gasteiger partial charge on any atom is 0.0719 e. The number of hydrogen-bond acceptors (Lipinski definition) is 2. The van der Waals surface area contributed by atoms with Crippen molar-refractivity contribution >= 4 is 5.69 Å². The number of nitrogens with two attached hydrogens (primary N) is 1. The monoisotopic (exact) mass is 195 g/mol. The Labute approximate surface area is 86.3 Å². The summed E-state index contributed by atoms with van der Waals surface area (Å²) in [5.74, 6) is 0.829. The molecular formula is C11H21N3. The van der Waals surface area contributed by atoms with E-state index in [-0.39, 0.29) is 0 Å². The average Bonchev–Trinajstić information content (AvgIpc) is 2.50. The van der Waals surface area contributed by atoms with Gasteiger partial charge in [0.15, 0.2) is 0 Å². The molecule has 2 N–H and O–H groups in total. The molecule has 0 saturated carbocycles. The maximum absolute atomic E-state index is 5.57. The molecule has 1 aromatic rings. The van der Waals surface area contributed by atoms with Crippen LogP contribution in [0.1, 0.15) is 39.5 Å². The Morgan fingerprint density at radius 1 is 1.36 bits per heavy atom. The molecule has 0 unspecified atom stereocenters. The summed E-state index contributed by atoms with van der Waals surface area (Å²) in [6.45, 7) is 5.54. The van der Waals surface area contributed by atoms with Crippen LogP contribution in [0.2, 0.25) is 0 Å². The van der Waals surface area contributed by atoms with Crippen molar-refractivity contribution in [3.63, 3.8) is 0 Å². The minimum atomic E-state index is 0.757. The van der Waals surface area contributed by atoms with Crippen LogP contribution in [-0.2, 0) is 6.54 Å². The van der Waals surface area contributed by atoms with Crippen molar-refractivity contribution in [3.8, 4) is 0 Å². The molecule has 3 heteroatoms. The lowest BCUT2D eigenvalue weighted by molar-refractivity contribution is 0.493. The van der Waals surface area contributed by atoms with Crippen molar-refractivity contribution in [2.75, 3.05) is 5.73 Å². The first-order chi connectivity index (χ1) is 6.68. The van der Waals surface area contributed by atoms with E-state index in [2.05, 4.69) is 18.9 Å². The summed E-state index contributed by atoms with van der Waals surface area (Å²) in [5, 5.41) is 4.14. The third-order valence-electron chi connectivity index (χ3n) is 2.32. The van der Waals surface area contributed by atoms with Gasteiger partial charge in [0.2, 0.25) is 0 Å². The van der Waals surface area contributed by atoms with E-state index in [1.165, 1.54) is 25.7 Å². The van der Waals surface area contributed by atoms with E-state index < -0.39 is 0 Å². The standard InChI is InChI=1S/C11H21N3/c1-10(2)6-4-3-5-7-14-9-11(12)8-13-14/h8-10H,3-7,12H2,1-2H3. The van der Waals surface area contributed by atoms with Crippen molar-refractivity contribution in [1.82, 2.24) is 9.78 Å². The number of unbranched alkanes of at least 4 members (excludes halogenated alkanes) is 2. The molecule has 0 saturated heterocycles. The lowest BCUT2D eigenvalue weighted by atomic mass is 10.1. The largest absolute Gasteiger partial charge is 0.396 e. The van der Waals surface area contributed by atoms with Gasteiger partial charge in [-0.15, -0.1) is 0 Å². The van der Waals surface area contributed by atoms with Crippen LogP contribution in [-0.4, -0.2) is 9.78 Å². The van der Waals surface area contributed by atoms with Crippen molar-refractivity contribution in [3.05, 3.63) is 12.4 Å². The van der Waals surface area contributed by atoms with Gasteiger partial charge in [-0.1, -0.05) is 33.1 Å². The number of hydrogen-bond donors (Lipinski definition) is 1. The maximum atomic E-state index is 5.57. The Morgan fingerprint density at radius 2 is 2.14 bits per heavy atom. The molecule has 0 aromatic carbocycles. The molecule has 80 valence electrons. The molecule has 1 heterocycles. The molecule has 1 aromatic heterocycles. The Balaban J connectivity index is 2.04. The molecule has 0 aliphatic rings. The summed E-state index contributed by atoms with van der Waals surface area (Å²) in [6.07, 6.45) is 8.75. The highest BCUT2D eigenvalue weighted by atomic mass is 15.3. The van der Waals surface area contributed by atoms with Crippen LogP contribution in [0.15, 0.2) is 12.4 Å². The first-order valence-corrected chi connectivity index (χ1v) is 5.46. The van der Waals surface area contributed by atoms with Crippen LogP contribution in [0.4, 0.5) is 5.69 Å². The van der Waals surface area contributed by atoms with Crippen LogP contribution in [0.3, 0.4) is 0 Å². The van der Waals surface area contributed by atoms with Gasteiger partial charge in [-0.3, -0.25) is 4.68 Å². The topological polar surface area (TPSA) is 43.8 Å². The number of nitrogen functional groups attached to an aromatic ring is 1. The first kappa shape index (κ1) is 11.1. The lowest BCUT2D eigenvalue weighted by Crippen LogP contribution is -1.98. The summed E-state index contributed by atoms with van der Waals surface area (Å²) in [7, 11) is 0. The zero-order chi connectivity index (χ0) is 10.4. The van der Waals surface area contributed by atoms with E-state index >= 15 is 0 Å². The van der Waals surface area contributed by atoms with Gasteiger partial charge in [-0.05, 0) is 12.3 Å². The molecule has 0 atom stereocenters. The Hall–Kier alpha value is -0.990. The summed E-state index contributed by atoms with van der Waals surface area (Å²) >= 11 is 0. The molecule has 0 fully saturated rings. The summed E-state index contributed by atoms with van der Waals surface area (Å²) in [6, 6.07) is 0. The molecule has 1 rings (SSSR count). The molecule has 3 nitrogen and oxygen atoms in total. The highest BCUT2D eigenvalue weighted by Crippen LogP contribution is 2.09. The second kappa shape index (κ2) is 5.68. The zero-order valence-electron chi connectivity index (χ0n) is 9.24. The average molecular weight is 195 g/mol. The fraction of sp³-hybridized carbons (Fsp3) is 0.727. The molecule has 0 aliphatic heterocycles. The quantitative estimate of drug-likeness (QED) is 0.709. The highest BCUT2D eigenvalue weighted by molar-refractivity contribution is 5.30. The second-order valence-electron chi connectivity index (χ2n) is 4.28. The SMILES string of the molecule is CC(C)CCCCCn1cc(N)cn1. The Bertz CT molecular complexity index is 253. The molecule has 0 radical (unpaired) electrons. The third kappa shape index (κ3) is 4.30. The van der Waals surface area contributed by atoms with E-state index in [4.69, 9.17) is 5.73 Å².